The number of aromatic nitrogens is 4. The number of pyridine rings is 1. The molecule has 1 fully saturated rings. The Labute approximate surface area is 155 Å². The Hall–Kier alpha value is -2.42. The minimum Gasteiger partial charge on any atom is -0.466 e. The van der Waals surface area contributed by atoms with Gasteiger partial charge in [-0.2, -0.15) is 0 Å². The monoisotopic (exact) mass is 375 g/mol. The molecule has 26 heavy (non-hydrogen) atoms. The zero-order chi connectivity index (χ0) is 18.4. The largest absolute Gasteiger partial charge is 0.466 e. The van der Waals surface area contributed by atoms with Gasteiger partial charge in [-0.25, -0.2) is 4.98 Å². The average Bonchev–Trinajstić information content (AvgIpc) is 3.16. The van der Waals surface area contributed by atoms with E-state index in [1.165, 1.54) is 11.8 Å². The number of nitrogens with zero attached hydrogens (tertiary/aromatic N) is 4. The molecule has 0 unspecified atom stereocenters. The van der Waals surface area contributed by atoms with E-state index in [4.69, 9.17) is 4.74 Å². The second-order valence-electron chi connectivity index (χ2n) is 5.90. The normalized spacial score (nSPS) is 15.0. The number of likely N-dealkylation sites (tertiary alicyclic amines) is 1. The van der Waals surface area contributed by atoms with Crippen molar-refractivity contribution in [3.05, 3.63) is 24.5 Å². The lowest BCUT2D eigenvalue weighted by molar-refractivity contribution is -0.151. The molecule has 1 amide bonds. The van der Waals surface area contributed by atoms with Crippen LogP contribution in [-0.2, 0) is 14.3 Å². The molecule has 1 N–H and O–H groups in total. The molecule has 3 rings (SSSR count). The molecule has 1 aliphatic rings. The number of thioether (sulfide) groups is 1. The van der Waals surface area contributed by atoms with Crippen LogP contribution in [0.2, 0.25) is 0 Å². The number of hydrogen-bond donors (Lipinski definition) is 1. The third kappa shape index (κ3) is 4.60. The lowest BCUT2D eigenvalue weighted by Gasteiger charge is -2.30. The van der Waals surface area contributed by atoms with E-state index in [2.05, 4.69) is 20.2 Å². The van der Waals surface area contributed by atoms with Gasteiger partial charge in [0.25, 0.3) is 0 Å². The maximum Gasteiger partial charge on any atom is 0.309 e. The summed E-state index contributed by atoms with van der Waals surface area (Å²) in [6, 6.07) is 3.68. The van der Waals surface area contributed by atoms with Crippen LogP contribution in [0, 0.1) is 5.92 Å². The van der Waals surface area contributed by atoms with E-state index in [-0.39, 0.29) is 23.5 Å². The molecule has 9 heteroatoms. The number of H-pyrrole nitrogens is 1. The Morgan fingerprint density at radius 1 is 1.31 bits per heavy atom. The van der Waals surface area contributed by atoms with Gasteiger partial charge in [-0.3, -0.25) is 19.7 Å². The van der Waals surface area contributed by atoms with Crippen LogP contribution >= 0.6 is 11.8 Å². The average molecular weight is 375 g/mol. The number of nitrogens with one attached hydrogen (secondary N) is 1. The maximum atomic E-state index is 12.4. The van der Waals surface area contributed by atoms with Gasteiger partial charge < -0.3 is 9.64 Å². The van der Waals surface area contributed by atoms with Gasteiger partial charge in [0, 0.05) is 31.0 Å². The SMILES string of the molecule is CCOC(=O)C1CCN(C(=O)CSc2n[nH]c(-c3ccncc3)n2)CC1. The molecule has 0 bridgehead atoms. The van der Waals surface area contributed by atoms with Crippen LogP contribution in [0.1, 0.15) is 19.8 Å². The fourth-order valence-electron chi connectivity index (χ4n) is 2.79. The van der Waals surface area contributed by atoms with Crippen molar-refractivity contribution < 1.29 is 14.3 Å². The van der Waals surface area contributed by atoms with Crippen molar-refractivity contribution in [2.24, 2.45) is 5.92 Å². The zero-order valence-corrected chi connectivity index (χ0v) is 15.4. The molecular formula is C17H21N5O3S. The minimum absolute atomic E-state index is 0.0348. The summed E-state index contributed by atoms with van der Waals surface area (Å²) in [6.07, 6.45) is 4.69. The van der Waals surface area contributed by atoms with Gasteiger partial charge in [-0.05, 0) is 31.9 Å². The maximum absolute atomic E-state index is 12.4. The molecule has 0 aromatic carbocycles. The second-order valence-corrected chi connectivity index (χ2v) is 6.84. The minimum atomic E-state index is -0.154. The van der Waals surface area contributed by atoms with E-state index in [0.717, 1.165) is 5.56 Å². The number of carbonyl (C=O) groups excluding carboxylic acids is 2. The van der Waals surface area contributed by atoms with Crippen LogP contribution in [0.4, 0.5) is 0 Å². The molecule has 0 spiro atoms. The number of ether oxygens (including phenoxy) is 1. The topological polar surface area (TPSA) is 101 Å². The van der Waals surface area contributed by atoms with Crippen molar-refractivity contribution in [1.29, 1.82) is 0 Å². The van der Waals surface area contributed by atoms with Gasteiger partial charge in [0.15, 0.2) is 5.82 Å². The lowest BCUT2D eigenvalue weighted by Crippen LogP contribution is -2.41. The van der Waals surface area contributed by atoms with Gasteiger partial charge in [0.05, 0.1) is 18.3 Å². The van der Waals surface area contributed by atoms with E-state index < -0.39 is 0 Å². The number of piperidine rings is 1. The first kappa shape index (κ1) is 18.4. The predicted octanol–water partition coefficient (Wildman–Crippen LogP) is 1.76. The molecule has 2 aromatic rings. The number of aromatic amines is 1. The number of carbonyl (C=O) groups is 2. The van der Waals surface area contributed by atoms with E-state index in [0.29, 0.717) is 43.5 Å². The quantitative estimate of drug-likeness (QED) is 0.606. The Kier molecular flexibility index (Phi) is 6.21. The molecule has 8 nitrogen and oxygen atoms in total. The molecular weight excluding hydrogens is 354 g/mol. The van der Waals surface area contributed by atoms with Gasteiger partial charge in [0.1, 0.15) is 0 Å². The summed E-state index contributed by atoms with van der Waals surface area (Å²) < 4.78 is 5.05. The standard InChI is InChI=1S/C17H21N5O3S/c1-2-25-16(24)13-5-9-22(10-6-13)14(23)11-26-17-19-15(20-21-17)12-3-7-18-8-4-12/h3-4,7-8,13H,2,5-6,9-11H2,1H3,(H,19,20,21). The number of esters is 1. The van der Waals surface area contributed by atoms with Gasteiger partial charge in [0.2, 0.25) is 11.1 Å². The van der Waals surface area contributed by atoms with Gasteiger partial charge in [-0.1, -0.05) is 11.8 Å². The molecule has 0 saturated carbocycles. The van der Waals surface area contributed by atoms with Crippen molar-refractivity contribution >= 4 is 23.6 Å². The Morgan fingerprint density at radius 3 is 2.73 bits per heavy atom. The molecule has 1 aliphatic heterocycles. The highest BCUT2D eigenvalue weighted by Crippen LogP contribution is 2.22. The molecule has 3 heterocycles. The lowest BCUT2D eigenvalue weighted by atomic mass is 9.97. The molecule has 2 aromatic heterocycles. The van der Waals surface area contributed by atoms with Gasteiger partial charge in [-0.15, -0.1) is 5.10 Å². The highest BCUT2D eigenvalue weighted by Gasteiger charge is 2.28. The van der Waals surface area contributed by atoms with E-state index in [1.807, 2.05) is 12.1 Å². The third-order valence-electron chi connectivity index (χ3n) is 4.21. The number of rotatable bonds is 6. The van der Waals surface area contributed by atoms with E-state index in [9.17, 15) is 9.59 Å². The summed E-state index contributed by atoms with van der Waals surface area (Å²) in [5, 5.41) is 7.54. The highest BCUT2D eigenvalue weighted by atomic mass is 32.2. The Morgan fingerprint density at radius 2 is 2.04 bits per heavy atom. The van der Waals surface area contributed by atoms with Crippen molar-refractivity contribution in [2.45, 2.75) is 24.9 Å². The van der Waals surface area contributed by atoms with Crippen molar-refractivity contribution in [2.75, 3.05) is 25.4 Å². The van der Waals surface area contributed by atoms with Crippen LogP contribution in [-0.4, -0.2) is 62.4 Å². The molecule has 1 saturated heterocycles. The van der Waals surface area contributed by atoms with Crippen LogP contribution in [0.25, 0.3) is 11.4 Å². The van der Waals surface area contributed by atoms with E-state index >= 15 is 0 Å². The first-order chi connectivity index (χ1) is 12.7. The zero-order valence-electron chi connectivity index (χ0n) is 14.6. The van der Waals surface area contributed by atoms with Crippen LogP contribution in [0.15, 0.2) is 29.7 Å². The smallest absolute Gasteiger partial charge is 0.309 e. The van der Waals surface area contributed by atoms with Crippen molar-refractivity contribution in [3.8, 4) is 11.4 Å². The predicted molar refractivity (Wildman–Crippen MR) is 96.3 cm³/mol. The van der Waals surface area contributed by atoms with E-state index in [1.54, 1.807) is 24.2 Å². The van der Waals surface area contributed by atoms with Crippen molar-refractivity contribution in [1.82, 2.24) is 25.1 Å². The highest BCUT2D eigenvalue weighted by molar-refractivity contribution is 7.99. The molecule has 0 atom stereocenters. The van der Waals surface area contributed by atoms with Gasteiger partial charge >= 0.3 is 5.97 Å². The molecule has 0 radical (unpaired) electrons. The summed E-state index contributed by atoms with van der Waals surface area (Å²) in [4.78, 5) is 34.3. The summed E-state index contributed by atoms with van der Waals surface area (Å²) in [5.74, 6) is 0.712. The first-order valence-electron chi connectivity index (χ1n) is 8.57. The summed E-state index contributed by atoms with van der Waals surface area (Å²) >= 11 is 1.30. The fourth-order valence-corrected chi connectivity index (χ4v) is 3.49. The van der Waals surface area contributed by atoms with Crippen LogP contribution in [0.5, 0.6) is 0 Å². The van der Waals surface area contributed by atoms with Crippen LogP contribution in [0.3, 0.4) is 0 Å². The molecule has 138 valence electrons. The summed E-state index contributed by atoms with van der Waals surface area (Å²) in [7, 11) is 0. The third-order valence-corrected chi connectivity index (χ3v) is 5.04. The number of amides is 1. The number of hydrogen-bond acceptors (Lipinski definition) is 7. The second kappa shape index (κ2) is 8.79. The molecule has 0 aliphatic carbocycles. The first-order valence-corrected chi connectivity index (χ1v) is 9.56. The Bertz CT molecular complexity index is 744. The van der Waals surface area contributed by atoms with Crippen molar-refractivity contribution in [3.63, 3.8) is 0 Å². The summed E-state index contributed by atoms with van der Waals surface area (Å²) in [6.45, 7) is 3.36. The summed E-state index contributed by atoms with van der Waals surface area (Å²) in [5.41, 5.74) is 0.895. The van der Waals surface area contributed by atoms with Crippen LogP contribution < -0.4 is 0 Å². The fraction of sp³-hybridized carbons (Fsp3) is 0.471. The Balaban J connectivity index is 1.46.